The Morgan fingerprint density at radius 2 is 0.577 bits per heavy atom. The van der Waals surface area contributed by atoms with Gasteiger partial charge in [-0.15, -0.1) is 0 Å². The minimum atomic E-state index is -3.90. The summed E-state index contributed by atoms with van der Waals surface area (Å²) in [6.45, 7) is 21.2. The van der Waals surface area contributed by atoms with Gasteiger partial charge in [-0.2, -0.15) is 0 Å². The standard InChI is InChI=1S/C42H58O9Si/c1-20-21(2)23(4)39(22(20)3)52(40-27(8)30(43-11)24(5)33(46-14)36(40)49-17,41-28(9)31(44-12)25(6)34(47-15)37(41)50-18)42-29(10)32(45-13)26(7)35(48-16)38(42)51-19/h22H,1-19H3. The van der Waals surface area contributed by atoms with E-state index in [1.807, 2.05) is 20.8 Å². The molecular weight excluding hydrogens is 677 g/mol. The fourth-order valence-electron chi connectivity index (χ4n) is 9.20. The lowest BCUT2D eigenvalue weighted by Crippen LogP contribution is -2.72. The molecule has 0 aromatic heterocycles. The van der Waals surface area contributed by atoms with Gasteiger partial charge < -0.3 is 42.6 Å². The molecule has 4 rings (SSSR count). The Hall–Kier alpha value is -4.44. The van der Waals surface area contributed by atoms with Gasteiger partial charge in [0.15, 0.2) is 42.6 Å². The van der Waals surface area contributed by atoms with Crippen molar-refractivity contribution in [3.05, 3.63) is 55.3 Å². The predicted molar refractivity (Wildman–Crippen MR) is 212 cm³/mol. The van der Waals surface area contributed by atoms with Crippen LogP contribution in [-0.4, -0.2) is 72.1 Å². The highest BCUT2D eigenvalue weighted by molar-refractivity contribution is 7.18. The fourth-order valence-corrected chi connectivity index (χ4v) is 16.1. The van der Waals surface area contributed by atoms with E-state index in [1.165, 1.54) is 21.9 Å². The fraction of sp³-hybridized carbons (Fsp3) is 0.476. The molecule has 52 heavy (non-hydrogen) atoms. The highest BCUT2D eigenvalue weighted by Crippen LogP contribution is 2.52. The normalized spacial score (nSPS) is 14.5. The molecule has 0 spiro atoms. The van der Waals surface area contributed by atoms with Crippen molar-refractivity contribution in [1.29, 1.82) is 0 Å². The maximum atomic E-state index is 6.57. The van der Waals surface area contributed by atoms with Crippen LogP contribution in [0.2, 0.25) is 0 Å². The maximum Gasteiger partial charge on any atom is 0.191 e. The van der Waals surface area contributed by atoms with Crippen LogP contribution in [0.15, 0.2) is 21.9 Å². The number of hydrogen-bond donors (Lipinski definition) is 0. The van der Waals surface area contributed by atoms with E-state index in [-0.39, 0.29) is 5.92 Å². The number of benzene rings is 3. The first kappa shape index (κ1) is 40.3. The molecule has 1 unspecified atom stereocenters. The summed E-state index contributed by atoms with van der Waals surface area (Å²) in [7, 11) is 11.3. The number of rotatable bonds is 13. The summed E-state index contributed by atoms with van der Waals surface area (Å²) >= 11 is 0. The zero-order valence-electron chi connectivity index (χ0n) is 34.8. The van der Waals surface area contributed by atoms with Crippen LogP contribution in [-0.2, 0) is 0 Å². The molecule has 1 atom stereocenters. The number of hydrogen-bond acceptors (Lipinski definition) is 9. The van der Waals surface area contributed by atoms with Crippen LogP contribution in [0.1, 0.15) is 61.1 Å². The Balaban J connectivity index is 2.75. The molecule has 284 valence electrons. The van der Waals surface area contributed by atoms with E-state index in [9.17, 15) is 0 Å². The largest absolute Gasteiger partial charge is 0.496 e. The van der Waals surface area contributed by atoms with Crippen molar-refractivity contribution in [3.8, 4) is 51.7 Å². The molecule has 3 aromatic carbocycles. The van der Waals surface area contributed by atoms with Crippen LogP contribution in [0.3, 0.4) is 0 Å². The molecule has 10 heteroatoms. The molecule has 0 N–H and O–H groups in total. The van der Waals surface area contributed by atoms with Gasteiger partial charge >= 0.3 is 0 Å². The van der Waals surface area contributed by atoms with Crippen molar-refractivity contribution in [2.45, 2.75) is 69.2 Å². The number of ether oxygens (including phenoxy) is 9. The first-order valence-corrected chi connectivity index (χ1v) is 19.4. The van der Waals surface area contributed by atoms with Crippen molar-refractivity contribution in [2.75, 3.05) is 64.0 Å². The second kappa shape index (κ2) is 15.3. The van der Waals surface area contributed by atoms with Crippen LogP contribution in [0.4, 0.5) is 0 Å². The molecular formula is C42H58O9Si. The molecule has 9 nitrogen and oxygen atoms in total. The summed E-state index contributed by atoms with van der Waals surface area (Å²) in [6.07, 6.45) is 0. The zero-order valence-corrected chi connectivity index (χ0v) is 35.8. The Morgan fingerprint density at radius 3 is 0.769 bits per heavy atom. The highest BCUT2D eigenvalue weighted by Gasteiger charge is 2.57. The quantitative estimate of drug-likeness (QED) is 0.137. The maximum absolute atomic E-state index is 6.57. The van der Waals surface area contributed by atoms with E-state index >= 15 is 0 Å². The van der Waals surface area contributed by atoms with Crippen molar-refractivity contribution < 1.29 is 42.6 Å². The Morgan fingerprint density at radius 1 is 0.327 bits per heavy atom. The monoisotopic (exact) mass is 734 g/mol. The second-order valence-corrected chi connectivity index (χ2v) is 17.0. The lowest BCUT2D eigenvalue weighted by atomic mass is 10.0. The van der Waals surface area contributed by atoms with E-state index in [2.05, 4.69) is 48.5 Å². The molecule has 0 amide bonds. The first-order valence-electron chi connectivity index (χ1n) is 17.4. The smallest absolute Gasteiger partial charge is 0.191 e. The van der Waals surface area contributed by atoms with Gasteiger partial charge in [-0.3, -0.25) is 0 Å². The van der Waals surface area contributed by atoms with Gasteiger partial charge in [0, 0.05) is 32.3 Å². The van der Waals surface area contributed by atoms with Crippen molar-refractivity contribution in [2.24, 2.45) is 5.92 Å². The van der Waals surface area contributed by atoms with E-state index in [1.54, 1.807) is 64.0 Å². The minimum absolute atomic E-state index is 0.0149. The summed E-state index contributed by atoms with van der Waals surface area (Å²) in [4.78, 5) is 0. The van der Waals surface area contributed by atoms with E-state index in [0.717, 1.165) is 48.9 Å². The first-order chi connectivity index (χ1) is 24.6. The van der Waals surface area contributed by atoms with Crippen molar-refractivity contribution in [3.63, 3.8) is 0 Å². The number of allylic oxidation sites excluding steroid dienone is 4. The van der Waals surface area contributed by atoms with Gasteiger partial charge in [0.1, 0.15) is 17.2 Å². The molecule has 1 aliphatic rings. The summed E-state index contributed by atoms with van der Waals surface area (Å²) < 4.78 is 57.3. The summed E-state index contributed by atoms with van der Waals surface area (Å²) in [5, 5.41) is 3.98. The number of methoxy groups -OCH3 is 9. The SMILES string of the molecule is COc1c(C)c(OC)c(OC)c([Si](C2=C(C)C(C)=C(C)C2C)(c2c(C)c(OC)c(C)c(OC)c2OC)c2c(C)c(OC)c(C)c(OC)c2OC)c1C. The molecule has 0 saturated heterocycles. The third kappa shape index (κ3) is 5.39. The second-order valence-electron chi connectivity index (χ2n) is 13.5. The minimum Gasteiger partial charge on any atom is -0.496 e. The highest BCUT2D eigenvalue weighted by atomic mass is 28.3. The summed E-state index contributed by atoms with van der Waals surface area (Å²) in [5.74, 6) is 5.59. The average Bonchev–Trinajstić information content (AvgIpc) is 3.31. The lowest BCUT2D eigenvalue weighted by molar-refractivity contribution is 0.345. The van der Waals surface area contributed by atoms with Crippen LogP contribution >= 0.6 is 0 Å². The van der Waals surface area contributed by atoms with Crippen molar-refractivity contribution in [1.82, 2.24) is 0 Å². The Labute approximate surface area is 311 Å². The molecule has 0 fully saturated rings. The summed E-state index contributed by atoms with van der Waals surface area (Å²) in [5.41, 5.74) is 8.87. The lowest BCUT2D eigenvalue weighted by Gasteiger charge is -2.44. The third-order valence-electron chi connectivity index (χ3n) is 11.5. The zero-order chi connectivity index (χ0) is 39.1. The average molecular weight is 735 g/mol. The molecule has 0 radical (unpaired) electrons. The molecule has 0 saturated carbocycles. The van der Waals surface area contributed by atoms with Crippen LogP contribution in [0, 0.1) is 47.5 Å². The molecule has 1 aliphatic carbocycles. The van der Waals surface area contributed by atoms with E-state index in [4.69, 9.17) is 42.6 Å². The molecule has 0 heterocycles. The summed E-state index contributed by atoms with van der Waals surface area (Å²) in [6, 6.07) is 0. The van der Waals surface area contributed by atoms with Crippen LogP contribution in [0.25, 0.3) is 0 Å². The topological polar surface area (TPSA) is 83.1 Å². The molecule has 0 bridgehead atoms. The molecule has 0 aliphatic heterocycles. The van der Waals surface area contributed by atoms with Gasteiger partial charge in [0.05, 0.1) is 64.0 Å². The van der Waals surface area contributed by atoms with E-state index < -0.39 is 8.07 Å². The van der Waals surface area contributed by atoms with Crippen LogP contribution in [0.5, 0.6) is 51.7 Å². The Kier molecular flexibility index (Phi) is 11.8. The van der Waals surface area contributed by atoms with Gasteiger partial charge in [-0.1, -0.05) is 23.3 Å². The predicted octanol–water partition coefficient (Wildman–Crippen LogP) is 6.93. The van der Waals surface area contributed by atoms with Gasteiger partial charge in [-0.05, 0) is 90.5 Å². The van der Waals surface area contributed by atoms with Crippen molar-refractivity contribution >= 4 is 23.6 Å². The van der Waals surface area contributed by atoms with Gasteiger partial charge in [-0.25, -0.2) is 0 Å². The molecule has 3 aromatic rings. The van der Waals surface area contributed by atoms with Crippen LogP contribution < -0.4 is 58.2 Å². The van der Waals surface area contributed by atoms with Gasteiger partial charge in [0.2, 0.25) is 0 Å². The third-order valence-corrected chi connectivity index (χ3v) is 17.2. The Bertz CT molecular complexity index is 1790. The van der Waals surface area contributed by atoms with Gasteiger partial charge in [0.25, 0.3) is 0 Å². The van der Waals surface area contributed by atoms with E-state index in [0.29, 0.717) is 51.7 Å².